The van der Waals surface area contributed by atoms with Crippen LogP contribution in [0.25, 0.3) is 11.0 Å². The van der Waals surface area contributed by atoms with E-state index in [1.807, 2.05) is 43.3 Å². The molecule has 130 valence electrons. The van der Waals surface area contributed by atoms with Gasteiger partial charge in [-0.1, -0.05) is 34.1 Å². The van der Waals surface area contributed by atoms with Crippen LogP contribution in [0, 0.1) is 6.92 Å². The van der Waals surface area contributed by atoms with Crippen LogP contribution in [0.1, 0.15) is 23.6 Å². The van der Waals surface area contributed by atoms with Gasteiger partial charge in [-0.3, -0.25) is 4.79 Å². The maximum atomic E-state index is 11.7. The van der Waals surface area contributed by atoms with E-state index in [1.165, 1.54) is 0 Å². The average molecular weight is 403 g/mol. The molecule has 0 aliphatic carbocycles. The van der Waals surface area contributed by atoms with Crippen LogP contribution in [-0.2, 0) is 22.6 Å². The van der Waals surface area contributed by atoms with Crippen molar-refractivity contribution < 1.29 is 18.7 Å². The lowest BCUT2D eigenvalue weighted by Crippen LogP contribution is -2.09. The maximum absolute atomic E-state index is 11.7. The van der Waals surface area contributed by atoms with Crippen LogP contribution in [-0.4, -0.2) is 12.6 Å². The van der Waals surface area contributed by atoms with Crippen LogP contribution in [0.4, 0.5) is 0 Å². The largest absolute Gasteiger partial charge is 0.488 e. The molecule has 0 aliphatic heterocycles. The van der Waals surface area contributed by atoms with E-state index in [0.717, 1.165) is 32.1 Å². The highest BCUT2D eigenvalue weighted by molar-refractivity contribution is 9.10. The first kappa shape index (κ1) is 17.5. The highest BCUT2D eigenvalue weighted by atomic mass is 79.9. The summed E-state index contributed by atoms with van der Waals surface area (Å²) in [6.45, 7) is 4.54. The Morgan fingerprint density at radius 2 is 2.00 bits per heavy atom. The van der Waals surface area contributed by atoms with Crippen molar-refractivity contribution in [3.63, 3.8) is 0 Å². The van der Waals surface area contributed by atoms with Crippen molar-refractivity contribution in [3.8, 4) is 5.75 Å². The van der Waals surface area contributed by atoms with Crippen molar-refractivity contribution in [1.29, 1.82) is 0 Å². The Morgan fingerprint density at radius 3 is 2.80 bits per heavy atom. The van der Waals surface area contributed by atoms with E-state index in [0.29, 0.717) is 19.0 Å². The third-order valence-electron chi connectivity index (χ3n) is 3.90. The highest BCUT2D eigenvalue weighted by Crippen LogP contribution is 2.29. The van der Waals surface area contributed by atoms with Gasteiger partial charge in [-0.05, 0) is 37.6 Å². The summed E-state index contributed by atoms with van der Waals surface area (Å²) in [5.74, 6) is 0.420. The van der Waals surface area contributed by atoms with Gasteiger partial charge in [-0.25, -0.2) is 0 Å². The predicted octanol–water partition coefficient (Wildman–Crippen LogP) is 5.19. The zero-order chi connectivity index (χ0) is 17.8. The molecule has 5 heteroatoms. The molecule has 0 saturated heterocycles. The Balaban J connectivity index is 1.79. The van der Waals surface area contributed by atoms with Crippen LogP contribution in [0.2, 0.25) is 0 Å². The number of hydrogen-bond acceptors (Lipinski definition) is 4. The molecule has 0 saturated carbocycles. The number of para-hydroxylation sites is 1. The van der Waals surface area contributed by atoms with Gasteiger partial charge in [0.25, 0.3) is 0 Å². The first-order chi connectivity index (χ1) is 12.1. The molecule has 0 spiro atoms. The SMILES string of the molecule is CCOC(=O)Cc1ccccc1OCc1coc2c(C)cc(Br)cc12. The standard InChI is InChI=1S/C20H19BrO4/c1-3-23-19(22)9-14-6-4-5-7-18(14)24-11-15-12-25-20-13(2)8-16(21)10-17(15)20/h4-8,10,12H,3,9,11H2,1-2H3. The lowest BCUT2D eigenvalue weighted by molar-refractivity contribution is -0.142. The number of esters is 1. The first-order valence-corrected chi connectivity index (χ1v) is 8.90. The number of rotatable bonds is 6. The molecule has 0 N–H and O–H groups in total. The van der Waals surface area contributed by atoms with Crippen molar-refractivity contribution in [2.75, 3.05) is 6.61 Å². The van der Waals surface area contributed by atoms with Crippen LogP contribution in [0.15, 0.2) is 51.6 Å². The molecule has 0 unspecified atom stereocenters. The Morgan fingerprint density at radius 1 is 1.20 bits per heavy atom. The number of hydrogen-bond donors (Lipinski definition) is 0. The molecule has 3 rings (SSSR count). The number of benzene rings is 2. The second-order valence-corrected chi connectivity index (χ2v) is 6.65. The molecule has 0 fully saturated rings. The van der Waals surface area contributed by atoms with Gasteiger partial charge in [0.15, 0.2) is 0 Å². The van der Waals surface area contributed by atoms with E-state index < -0.39 is 0 Å². The summed E-state index contributed by atoms with van der Waals surface area (Å²) in [5.41, 5.74) is 3.70. The minimum atomic E-state index is -0.258. The summed E-state index contributed by atoms with van der Waals surface area (Å²) < 4.78 is 17.7. The molecule has 0 bridgehead atoms. The normalized spacial score (nSPS) is 10.8. The van der Waals surface area contributed by atoms with E-state index in [1.54, 1.807) is 13.2 Å². The highest BCUT2D eigenvalue weighted by Gasteiger charge is 2.13. The molecular formula is C20H19BrO4. The topological polar surface area (TPSA) is 48.7 Å². The van der Waals surface area contributed by atoms with Gasteiger partial charge in [0.1, 0.15) is 17.9 Å². The first-order valence-electron chi connectivity index (χ1n) is 8.11. The average Bonchev–Trinajstić information content (AvgIpc) is 2.97. The summed E-state index contributed by atoms with van der Waals surface area (Å²) in [7, 11) is 0. The molecular weight excluding hydrogens is 384 g/mol. The van der Waals surface area contributed by atoms with Crippen LogP contribution < -0.4 is 4.74 Å². The summed E-state index contributed by atoms with van der Waals surface area (Å²) in [6.07, 6.45) is 1.92. The second kappa shape index (κ2) is 7.74. The fourth-order valence-corrected chi connectivity index (χ4v) is 3.32. The predicted molar refractivity (Wildman–Crippen MR) is 99.8 cm³/mol. The van der Waals surface area contributed by atoms with Gasteiger partial charge in [0, 0.05) is 21.0 Å². The fourth-order valence-electron chi connectivity index (χ4n) is 2.74. The zero-order valence-corrected chi connectivity index (χ0v) is 15.8. The molecule has 0 atom stereocenters. The maximum Gasteiger partial charge on any atom is 0.310 e. The fraction of sp³-hybridized carbons (Fsp3) is 0.250. The number of halogens is 1. The zero-order valence-electron chi connectivity index (χ0n) is 14.2. The lowest BCUT2D eigenvalue weighted by Gasteiger charge is -2.10. The van der Waals surface area contributed by atoms with Crippen molar-refractivity contribution in [1.82, 2.24) is 0 Å². The van der Waals surface area contributed by atoms with Crippen molar-refractivity contribution in [2.45, 2.75) is 26.9 Å². The monoisotopic (exact) mass is 402 g/mol. The number of carbonyl (C=O) groups is 1. The third-order valence-corrected chi connectivity index (χ3v) is 4.36. The Labute approximate surface area is 154 Å². The lowest BCUT2D eigenvalue weighted by atomic mass is 10.1. The van der Waals surface area contributed by atoms with E-state index in [-0.39, 0.29) is 12.4 Å². The van der Waals surface area contributed by atoms with Gasteiger partial charge in [0.05, 0.1) is 19.3 Å². The molecule has 4 nitrogen and oxygen atoms in total. The quantitative estimate of drug-likeness (QED) is 0.532. The Hall–Kier alpha value is -2.27. The minimum absolute atomic E-state index is 0.195. The second-order valence-electron chi connectivity index (χ2n) is 5.74. The number of carbonyl (C=O) groups excluding carboxylic acids is 1. The van der Waals surface area contributed by atoms with Crippen molar-refractivity contribution >= 4 is 32.9 Å². The number of fused-ring (bicyclic) bond motifs is 1. The van der Waals surface area contributed by atoms with Gasteiger partial charge < -0.3 is 13.9 Å². The van der Waals surface area contributed by atoms with Gasteiger partial charge in [-0.15, -0.1) is 0 Å². The Bertz CT molecular complexity index is 898. The smallest absolute Gasteiger partial charge is 0.310 e. The molecule has 2 aromatic carbocycles. The van der Waals surface area contributed by atoms with E-state index >= 15 is 0 Å². The number of ether oxygens (including phenoxy) is 2. The summed E-state index contributed by atoms with van der Waals surface area (Å²) in [5, 5.41) is 1.02. The molecule has 25 heavy (non-hydrogen) atoms. The minimum Gasteiger partial charge on any atom is -0.488 e. The van der Waals surface area contributed by atoms with E-state index in [9.17, 15) is 4.79 Å². The van der Waals surface area contributed by atoms with Gasteiger partial charge in [-0.2, -0.15) is 0 Å². The van der Waals surface area contributed by atoms with Gasteiger partial charge in [0.2, 0.25) is 0 Å². The third kappa shape index (κ3) is 4.04. The molecule has 1 aromatic heterocycles. The van der Waals surface area contributed by atoms with E-state index in [2.05, 4.69) is 15.9 Å². The van der Waals surface area contributed by atoms with Crippen LogP contribution in [0.5, 0.6) is 5.75 Å². The molecule has 0 amide bonds. The summed E-state index contributed by atoms with van der Waals surface area (Å²) >= 11 is 3.52. The molecule has 3 aromatic rings. The number of aryl methyl sites for hydroxylation is 1. The van der Waals surface area contributed by atoms with Gasteiger partial charge >= 0.3 is 5.97 Å². The summed E-state index contributed by atoms with van der Waals surface area (Å²) in [6, 6.07) is 11.5. The summed E-state index contributed by atoms with van der Waals surface area (Å²) in [4.78, 5) is 11.7. The Kier molecular flexibility index (Phi) is 5.43. The van der Waals surface area contributed by atoms with Crippen LogP contribution >= 0.6 is 15.9 Å². The molecule has 0 radical (unpaired) electrons. The van der Waals surface area contributed by atoms with Crippen molar-refractivity contribution in [3.05, 3.63) is 63.8 Å². The van der Waals surface area contributed by atoms with E-state index in [4.69, 9.17) is 13.9 Å². The van der Waals surface area contributed by atoms with Crippen LogP contribution in [0.3, 0.4) is 0 Å². The number of furan rings is 1. The molecule has 0 aliphatic rings. The van der Waals surface area contributed by atoms with Crippen molar-refractivity contribution in [2.24, 2.45) is 0 Å². The molecule has 1 heterocycles.